The first-order valence-corrected chi connectivity index (χ1v) is 7.80. The molecule has 0 spiro atoms. The van der Waals surface area contributed by atoms with Crippen LogP contribution in [0, 0.1) is 0 Å². The lowest BCUT2D eigenvalue weighted by molar-refractivity contribution is 0.314. The molecule has 2 aromatic heterocycles. The number of rotatable bonds is 7. The number of benzene rings is 1. The van der Waals surface area contributed by atoms with E-state index in [2.05, 4.69) is 39.6 Å². The molecule has 3 aromatic rings. The molecular formula is C17H21N5O. The molecule has 2 heterocycles. The first-order chi connectivity index (χ1) is 11.2. The lowest BCUT2D eigenvalue weighted by Gasteiger charge is -2.17. The molecule has 6 nitrogen and oxygen atoms in total. The Hall–Kier alpha value is -2.47. The molecule has 2 unspecified atom stereocenters. The van der Waals surface area contributed by atoms with E-state index in [1.165, 1.54) is 5.56 Å². The predicted octanol–water partition coefficient (Wildman–Crippen LogP) is 2.60. The Morgan fingerprint density at radius 1 is 1.17 bits per heavy atom. The van der Waals surface area contributed by atoms with E-state index in [4.69, 9.17) is 4.52 Å². The molecule has 120 valence electrons. The van der Waals surface area contributed by atoms with Crippen molar-refractivity contribution in [1.29, 1.82) is 0 Å². The van der Waals surface area contributed by atoms with Crippen molar-refractivity contribution in [2.45, 2.75) is 38.9 Å². The molecule has 0 aliphatic heterocycles. The number of nitrogens with one attached hydrogen (secondary N) is 1. The van der Waals surface area contributed by atoms with Gasteiger partial charge in [0.1, 0.15) is 0 Å². The van der Waals surface area contributed by atoms with Gasteiger partial charge in [-0.25, -0.2) is 0 Å². The summed E-state index contributed by atoms with van der Waals surface area (Å²) in [6.45, 7) is 4.93. The second kappa shape index (κ2) is 7.19. The Bertz CT molecular complexity index is 708. The van der Waals surface area contributed by atoms with Gasteiger partial charge in [0, 0.05) is 24.9 Å². The highest BCUT2D eigenvalue weighted by Crippen LogP contribution is 2.13. The Morgan fingerprint density at radius 3 is 2.74 bits per heavy atom. The van der Waals surface area contributed by atoms with Crippen LogP contribution in [0.25, 0.3) is 0 Å². The van der Waals surface area contributed by atoms with Crippen LogP contribution in [0.1, 0.15) is 37.2 Å². The largest absolute Gasteiger partial charge is 0.338 e. The average Bonchev–Trinajstić information content (AvgIpc) is 3.20. The van der Waals surface area contributed by atoms with Gasteiger partial charge in [0.05, 0.1) is 12.6 Å². The molecule has 0 radical (unpaired) electrons. The van der Waals surface area contributed by atoms with E-state index in [0.717, 1.165) is 6.54 Å². The zero-order valence-corrected chi connectivity index (χ0v) is 13.4. The van der Waals surface area contributed by atoms with E-state index < -0.39 is 0 Å². The van der Waals surface area contributed by atoms with E-state index in [1.807, 2.05) is 42.1 Å². The third kappa shape index (κ3) is 4.26. The van der Waals surface area contributed by atoms with Gasteiger partial charge in [0.15, 0.2) is 5.82 Å². The van der Waals surface area contributed by atoms with E-state index >= 15 is 0 Å². The van der Waals surface area contributed by atoms with E-state index in [9.17, 15) is 0 Å². The Morgan fingerprint density at radius 2 is 2.00 bits per heavy atom. The Balaban J connectivity index is 1.56. The summed E-state index contributed by atoms with van der Waals surface area (Å²) in [4.78, 5) is 4.49. The molecule has 0 saturated heterocycles. The zero-order chi connectivity index (χ0) is 16.1. The van der Waals surface area contributed by atoms with Crippen LogP contribution in [0.5, 0.6) is 0 Å². The van der Waals surface area contributed by atoms with Crippen LogP contribution >= 0.6 is 0 Å². The summed E-state index contributed by atoms with van der Waals surface area (Å²) < 4.78 is 7.29. The highest BCUT2D eigenvalue weighted by atomic mass is 16.5. The molecular weight excluding hydrogens is 290 g/mol. The van der Waals surface area contributed by atoms with Gasteiger partial charge in [0.25, 0.3) is 0 Å². The maximum absolute atomic E-state index is 5.39. The Labute approximate surface area is 135 Å². The molecule has 0 aliphatic carbocycles. The fourth-order valence-corrected chi connectivity index (χ4v) is 2.53. The molecule has 0 fully saturated rings. The van der Waals surface area contributed by atoms with Gasteiger partial charge >= 0.3 is 0 Å². The van der Waals surface area contributed by atoms with E-state index in [1.54, 1.807) is 6.20 Å². The van der Waals surface area contributed by atoms with Gasteiger partial charge in [-0.3, -0.25) is 4.68 Å². The molecule has 23 heavy (non-hydrogen) atoms. The highest BCUT2D eigenvalue weighted by molar-refractivity contribution is 5.18. The minimum Gasteiger partial charge on any atom is -0.338 e. The van der Waals surface area contributed by atoms with Gasteiger partial charge in [-0.1, -0.05) is 35.5 Å². The highest BCUT2D eigenvalue weighted by Gasteiger charge is 2.16. The summed E-state index contributed by atoms with van der Waals surface area (Å²) in [6, 6.07) is 12.3. The van der Waals surface area contributed by atoms with Crippen molar-refractivity contribution in [2.75, 3.05) is 0 Å². The van der Waals surface area contributed by atoms with E-state index in [0.29, 0.717) is 18.1 Å². The van der Waals surface area contributed by atoms with Crippen LogP contribution in [0.2, 0.25) is 0 Å². The maximum atomic E-state index is 5.39. The van der Waals surface area contributed by atoms with Gasteiger partial charge in [-0.15, -0.1) is 0 Å². The van der Waals surface area contributed by atoms with Crippen molar-refractivity contribution >= 4 is 0 Å². The van der Waals surface area contributed by atoms with E-state index in [-0.39, 0.29) is 12.1 Å². The molecule has 2 atom stereocenters. The standard InChI is InChI=1S/C17H21N5O/c1-13(12-22-10-6-9-18-22)19-14(2)17-20-16(21-23-17)11-15-7-4-3-5-8-15/h3-10,13-14,19H,11-12H2,1-2H3. The van der Waals surface area contributed by atoms with Crippen LogP contribution in [-0.2, 0) is 13.0 Å². The molecule has 3 rings (SSSR count). The van der Waals surface area contributed by atoms with Crippen molar-refractivity contribution < 1.29 is 4.52 Å². The lowest BCUT2D eigenvalue weighted by atomic mass is 10.1. The monoisotopic (exact) mass is 311 g/mol. The molecule has 0 amide bonds. The van der Waals surface area contributed by atoms with Crippen LogP contribution < -0.4 is 5.32 Å². The van der Waals surface area contributed by atoms with Crippen LogP contribution in [0.4, 0.5) is 0 Å². The second-order valence-corrected chi connectivity index (χ2v) is 5.73. The van der Waals surface area contributed by atoms with Crippen molar-refractivity contribution in [3.8, 4) is 0 Å². The lowest BCUT2D eigenvalue weighted by Crippen LogP contribution is -2.33. The summed E-state index contributed by atoms with van der Waals surface area (Å²) in [7, 11) is 0. The molecule has 1 N–H and O–H groups in total. The maximum Gasteiger partial charge on any atom is 0.243 e. The summed E-state index contributed by atoms with van der Waals surface area (Å²) >= 11 is 0. The second-order valence-electron chi connectivity index (χ2n) is 5.73. The minimum atomic E-state index is -0.00224. The van der Waals surface area contributed by atoms with Gasteiger partial charge in [-0.2, -0.15) is 10.1 Å². The van der Waals surface area contributed by atoms with Crippen molar-refractivity contribution in [3.63, 3.8) is 0 Å². The normalized spacial score (nSPS) is 13.8. The fraction of sp³-hybridized carbons (Fsp3) is 0.353. The van der Waals surface area contributed by atoms with Crippen molar-refractivity contribution in [1.82, 2.24) is 25.2 Å². The fourth-order valence-electron chi connectivity index (χ4n) is 2.53. The average molecular weight is 311 g/mol. The SMILES string of the molecule is CC(Cn1cccn1)NC(C)c1nc(Cc2ccccc2)no1. The molecule has 1 aromatic carbocycles. The third-order valence-electron chi connectivity index (χ3n) is 3.61. The first kappa shape index (κ1) is 15.4. The van der Waals surface area contributed by atoms with Gasteiger partial charge in [0.2, 0.25) is 5.89 Å². The number of nitrogens with zero attached hydrogens (tertiary/aromatic N) is 4. The summed E-state index contributed by atoms with van der Waals surface area (Å²) in [5.41, 5.74) is 1.17. The van der Waals surface area contributed by atoms with Gasteiger partial charge in [-0.05, 0) is 25.5 Å². The molecule has 0 bridgehead atoms. The number of aromatic nitrogens is 4. The predicted molar refractivity (Wildman–Crippen MR) is 86.8 cm³/mol. The first-order valence-electron chi connectivity index (χ1n) is 7.80. The molecule has 0 saturated carbocycles. The summed E-state index contributed by atoms with van der Waals surface area (Å²) in [5.74, 6) is 1.32. The molecule has 6 heteroatoms. The van der Waals surface area contributed by atoms with Crippen molar-refractivity contribution in [2.24, 2.45) is 0 Å². The third-order valence-corrected chi connectivity index (χ3v) is 3.61. The Kier molecular flexibility index (Phi) is 4.83. The zero-order valence-electron chi connectivity index (χ0n) is 13.4. The van der Waals surface area contributed by atoms with Crippen molar-refractivity contribution in [3.05, 3.63) is 66.1 Å². The minimum absolute atomic E-state index is 0.00224. The summed E-state index contributed by atoms with van der Waals surface area (Å²) in [6.07, 6.45) is 4.41. The van der Waals surface area contributed by atoms with Crippen LogP contribution in [0.15, 0.2) is 53.3 Å². The smallest absolute Gasteiger partial charge is 0.243 e. The van der Waals surface area contributed by atoms with Gasteiger partial charge < -0.3 is 9.84 Å². The van der Waals surface area contributed by atoms with Crippen LogP contribution in [-0.4, -0.2) is 26.0 Å². The quantitative estimate of drug-likeness (QED) is 0.726. The number of hydrogen-bond acceptors (Lipinski definition) is 5. The molecule has 0 aliphatic rings. The topological polar surface area (TPSA) is 68.8 Å². The number of hydrogen-bond donors (Lipinski definition) is 1. The summed E-state index contributed by atoms with van der Waals surface area (Å²) in [5, 5.41) is 11.7. The van der Waals surface area contributed by atoms with Crippen LogP contribution in [0.3, 0.4) is 0 Å².